The molecule has 0 spiro atoms. The molecular weight excluding hydrogens is 236 g/mol. The third-order valence-electron chi connectivity index (χ3n) is 4.42. The first-order valence-corrected chi connectivity index (χ1v) is 7.01. The predicted molar refractivity (Wildman–Crippen MR) is 79.8 cm³/mol. The number of fused-ring (bicyclic) bond motifs is 1. The minimum Gasteiger partial charge on any atom is -0.497 e. The number of hydrogen-bond acceptors (Lipinski definition) is 3. The van der Waals surface area contributed by atoms with Crippen LogP contribution in [0.2, 0.25) is 0 Å². The standard InChI is InChI=1S/C16H26N2O/c1-16(2,18(3)4)11-17-15-9-7-12-6-8-13(19-5)10-14(12)15/h6,8,10,15,17H,7,9,11H2,1-5H3. The summed E-state index contributed by atoms with van der Waals surface area (Å²) in [7, 11) is 5.99. The number of aryl methyl sites for hydroxylation is 1. The van der Waals surface area contributed by atoms with Crippen molar-refractivity contribution in [3.05, 3.63) is 29.3 Å². The molecule has 0 amide bonds. The van der Waals surface area contributed by atoms with Crippen molar-refractivity contribution in [1.82, 2.24) is 10.2 Å². The maximum atomic E-state index is 5.34. The van der Waals surface area contributed by atoms with Crippen molar-refractivity contribution in [2.24, 2.45) is 0 Å². The third kappa shape index (κ3) is 3.10. The molecule has 0 aliphatic heterocycles. The molecule has 0 fully saturated rings. The summed E-state index contributed by atoms with van der Waals surface area (Å²) in [5.41, 5.74) is 3.04. The molecule has 1 aromatic rings. The van der Waals surface area contributed by atoms with E-state index in [-0.39, 0.29) is 5.54 Å². The van der Waals surface area contributed by atoms with Crippen LogP contribution in [0.1, 0.15) is 37.4 Å². The Labute approximate surface area is 116 Å². The van der Waals surface area contributed by atoms with Gasteiger partial charge in [0.1, 0.15) is 5.75 Å². The Kier molecular flexibility index (Phi) is 4.16. The van der Waals surface area contributed by atoms with Gasteiger partial charge < -0.3 is 15.0 Å². The quantitative estimate of drug-likeness (QED) is 0.883. The second-order valence-corrected chi connectivity index (χ2v) is 6.24. The smallest absolute Gasteiger partial charge is 0.119 e. The van der Waals surface area contributed by atoms with Crippen molar-refractivity contribution in [1.29, 1.82) is 0 Å². The fourth-order valence-electron chi connectivity index (χ4n) is 2.45. The van der Waals surface area contributed by atoms with Gasteiger partial charge in [-0.15, -0.1) is 0 Å². The van der Waals surface area contributed by atoms with Gasteiger partial charge in [-0.1, -0.05) is 6.07 Å². The van der Waals surface area contributed by atoms with Gasteiger partial charge in [-0.25, -0.2) is 0 Å². The van der Waals surface area contributed by atoms with E-state index in [2.05, 4.69) is 56.4 Å². The van der Waals surface area contributed by atoms with E-state index in [4.69, 9.17) is 4.74 Å². The molecule has 1 unspecified atom stereocenters. The lowest BCUT2D eigenvalue weighted by Crippen LogP contribution is -2.47. The van der Waals surface area contributed by atoms with Crippen LogP contribution in [0.4, 0.5) is 0 Å². The Morgan fingerprint density at radius 2 is 2.11 bits per heavy atom. The fourth-order valence-corrected chi connectivity index (χ4v) is 2.45. The molecule has 3 heteroatoms. The Morgan fingerprint density at radius 1 is 1.37 bits per heavy atom. The Balaban J connectivity index is 2.06. The molecule has 1 aromatic carbocycles. The van der Waals surface area contributed by atoms with Crippen LogP contribution < -0.4 is 10.1 Å². The maximum absolute atomic E-state index is 5.34. The number of methoxy groups -OCH3 is 1. The fraction of sp³-hybridized carbons (Fsp3) is 0.625. The summed E-state index contributed by atoms with van der Waals surface area (Å²) in [5, 5.41) is 3.71. The maximum Gasteiger partial charge on any atom is 0.119 e. The molecule has 1 atom stereocenters. The van der Waals surface area contributed by atoms with Gasteiger partial charge in [0.2, 0.25) is 0 Å². The molecule has 0 bridgehead atoms. The highest BCUT2D eigenvalue weighted by atomic mass is 16.5. The van der Waals surface area contributed by atoms with Gasteiger partial charge in [-0.2, -0.15) is 0 Å². The minimum atomic E-state index is 0.168. The van der Waals surface area contributed by atoms with Crippen LogP contribution in [-0.4, -0.2) is 38.2 Å². The van der Waals surface area contributed by atoms with Crippen LogP contribution in [0.25, 0.3) is 0 Å². The molecule has 1 aliphatic carbocycles. The van der Waals surface area contributed by atoms with E-state index in [1.165, 1.54) is 24.0 Å². The van der Waals surface area contributed by atoms with Crippen molar-refractivity contribution in [3.8, 4) is 5.75 Å². The lowest BCUT2D eigenvalue weighted by molar-refractivity contribution is 0.184. The first kappa shape index (κ1) is 14.4. The van der Waals surface area contributed by atoms with Crippen molar-refractivity contribution in [2.45, 2.75) is 38.3 Å². The number of hydrogen-bond donors (Lipinski definition) is 1. The molecule has 2 rings (SSSR count). The Bertz CT molecular complexity index is 440. The molecule has 0 saturated carbocycles. The van der Waals surface area contributed by atoms with Gasteiger partial charge in [0, 0.05) is 18.1 Å². The molecule has 3 nitrogen and oxygen atoms in total. The summed E-state index contributed by atoms with van der Waals surface area (Å²) in [6.07, 6.45) is 2.35. The molecule has 1 N–H and O–H groups in total. The van der Waals surface area contributed by atoms with Crippen LogP contribution in [0.5, 0.6) is 5.75 Å². The second-order valence-electron chi connectivity index (χ2n) is 6.24. The van der Waals surface area contributed by atoms with Crippen molar-refractivity contribution in [2.75, 3.05) is 27.7 Å². The van der Waals surface area contributed by atoms with E-state index < -0.39 is 0 Å². The van der Waals surface area contributed by atoms with E-state index in [0.29, 0.717) is 6.04 Å². The highest BCUT2D eigenvalue weighted by Gasteiger charge is 2.26. The zero-order valence-corrected chi connectivity index (χ0v) is 12.8. The number of likely N-dealkylation sites (N-methyl/N-ethyl adjacent to an activating group) is 1. The molecule has 0 radical (unpaired) electrons. The summed E-state index contributed by atoms with van der Waals surface area (Å²) in [5.74, 6) is 0.958. The van der Waals surface area contributed by atoms with Crippen molar-refractivity contribution < 1.29 is 4.74 Å². The van der Waals surface area contributed by atoms with Gasteiger partial charge in [-0.3, -0.25) is 0 Å². The monoisotopic (exact) mass is 262 g/mol. The highest BCUT2D eigenvalue weighted by molar-refractivity contribution is 5.40. The number of benzene rings is 1. The van der Waals surface area contributed by atoms with E-state index in [0.717, 1.165) is 12.3 Å². The van der Waals surface area contributed by atoms with E-state index in [1.54, 1.807) is 7.11 Å². The third-order valence-corrected chi connectivity index (χ3v) is 4.42. The summed E-state index contributed by atoms with van der Waals surface area (Å²) in [4.78, 5) is 2.27. The predicted octanol–water partition coefficient (Wildman–Crippen LogP) is 2.61. The molecule has 19 heavy (non-hydrogen) atoms. The van der Waals surface area contributed by atoms with Crippen molar-refractivity contribution >= 4 is 0 Å². The number of ether oxygens (including phenoxy) is 1. The molecule has 0 saturated heterocycles. The lowest BCUT2D eigenvalue weighted by atomic mass is 10.0. The Morgan fingerprint density at radius 3 is 2.74 bits per heavy atom. The summed E-state index contributed by atoms with van der Waals surface area (Å²) >= 11 is 0. The average molecular weight is 262 g/mol. The van der Waals surface area contributed by atoms with E-state index in [9.17, 15) is 0 Å². The lowest BCUT2D eigenvalue weighted by Gasteiger charge is -2.34. The van der Waals surface area contributed by atoms with Crippen molar-refractivity contribution in [3.63, 3.8) is 0 Å². The average Bonchev–Trinajstić information content (AvgIpc) is 2.78. The number of nitrogens with zero attached hydrogens (tertiary/aromatic N) is 1. The van der Waals surface area contributed by atoms with Gasteiger partial charge >= 0.3 is 0 Å². The van der Waals surface area contributed by atoms with Gasteiger partial charge in [-0.05, 0) is 64.0 Å². The first-order valence-electron chi connectivity index (χ1n) is 7.01. The van der Waals surface area contributed by atoms with Gasteiger partial charge in [0.25, 0.3) is 0 Å². The first-order chi connectivity index (χ1) is 8.94. The van der Waals surface area contributed by atoms with Crippen LogP contribution in [-0.2, 0) is 6.42 Å². The summed E-state index contributed by atoms with van der Waals surface area (Å²) < 4.78 is 5.34. The number of rotatable bonds is 5. The largest absolute Gasteiger partial charge is 0.497 e. The van der Waals surface area contributed by atoms with Crippen LogP contribution in [0.3, 0.4) is 0 Å². The minimum absolute atomic E-state index is 0.168. The van der Waals surface area contributed by atoms with E-state index >= 15 is 0 Å². The zero-order valence-electron chi connectivity index (χ0n) is 12.8. The topological polar surface area (TPSA) is 24.5 Å². The van der Waals surface area contributed by atoms with Gasteiger partial charge in [0.05, 0.1) is 7.11 Å². The molecular formula is C16H26N2O. The second kappa shape index (κ2) is 5.51. The summed E-state index contributed by atoms with van der Waals surface area (Å²) in [6.45, 7) is 5.52. The van der Waals surface area contributed by atoms with Crippen LogP contribution >= 0.6 is 0 Å². The zero-order chi connectivity index (χ0) is 14.0. The summed E-state index contributed by atoms with van der Waals surface area (Å²) in [6, 6.07) is 6.91. The van der Waals surface area contributed by atoms with Crippen LogP contribution in [0.15, 0.2) is 18.2 Å². The molecule has 0 heterocycles. The molecule has 0 aromatic heterocycles. The Hall–Kier alpha value is -1.06. The SMILES string of the molecule is COc1ccc2c(c1)C(NCC(C)(C)N(C)C)CC2. The van der Waals surface area contributed by atoms with E-state index in [1.807, 2.05) is 0 Å². The van der Waals surface area contributed by atoms with Crippen LogP contribution in [0, 0.1) is 0 Å². The number of nitrogens with one attached hydrogen (secondary N) is 1. The van der Waals surface area contributed by atoms with Gasteiger partial charge in [0.15, 0.2) is 0 Å². The molecule has 106 valence electrons. The highest BCUT2D eigenvalue weighted by Crippen LogP contribution is 2.34. The molecule has 1 aliphatic rings. The normalized spacial score (nSPS) is 18.7.